The summed E-state index contributed by atoms with van der Waals surface area (Å²) in [4.78, 5) is 21.7. The number of nitrogens with zero attached hydrogens (tertiary/aromatic N) is 2. The van der Waals surface area contributed by atoms with E-state index in [4.69, 9.17) is 11.6 Å². The van der Waals surface area contributed by atoms with E-state index >= 15 is 0 Å². The maximum absolute atomic E-state index is 10.9. The van der Waals surface area contributed by atoms with Crippen LogP contribution < -0.4 is 22.8 Å². The van der Waals surface area contributed by atoms with Gasteiger partial charge in [0.1, 0.15) is 5.82 Å². The van der Waals surface area contributed by atoms with Gasteiger partial charge < -0.3 is 11.6 Å². The van der Waals surface area contributed by atoms with Crippen LogP contribution in [0.3, 0.4) is 0 Å². The average Bonchev–Trinajstić information content (AvgIpc) is 1.97. The quantitative estimate of drug-likeness (QED) is 0.418. The minimum atomic E-state index is -0.630. The fraction of sp³-hybridized carbons (Fsp3) is 0.200. The van der Waals surface area contributed by atoms with E-state index in [2.05, 4.69) is 0 Å². The van der Waals surface area contributed by atoms with E-state index in [1.165, 1.54) is 7.05 Å². The molecule has 0 amide bonds. The van der Waals surface area contributed by atoms with Crippen LogP contribution in [0.1, 0.15) is 0 Å². The van der Waals surface area contributed by atoms with Gasteiger partial charge in [-0.05, 0) is 0 Å². The lowest BCUT2D eigenvalue weighted by atomic mass is 10.6. The number of hydrogen-bond donors (Lipinski definition) is 2. The first kappa shape index (κ1) is 7.39. The molecule has 4 N–H and O–H groups in total. The first-order chi connectivity index (χ1) is 5.04. The standard InChI is InChI=1S/C5H8N4O2/c1-8-3(6)2-4(10)9(7)5(8)11/h2H,6-7H2,1H3. The molecule has 1 aromatic heterocycles. The molecule has 1 rings (SSSR count). The van der Waals surface area contributed by atoms with Gasteiger partial charge in [0, 0.05) is 13.1 Å². The van der Waals surface area contributed by atoms with Gasteiger partial charge in [-0.2, -0.15) is 4.68 Å². The molecule has 0 saturated carbocycles. The van der Waals surface area contributed by atoms with E-state index in [-0.39, 0.29) is 5.82 Å². The zero-order chi connectivity index (χ0) is 8.59. The molecule has 0 bridgehead atoms. The number of nitrogens with two attached hydrogens (primary N) is 2. The van der Waals surface area contributed by atoms with Crippen LogP contribution >= 0.6 is 0 Å². The Kier molecular flexibility index (Phi) is 1.45. The molecule has 0 radical (unpaired) electrons. The zero-order valence-electron chi connectivity index (χ0n) is 5.94. The van der Waals surface area contributed by atoms with Gasteiger partial charge in [0.25, 0.3) is 5.56 Å². The van der Waals surface area contributed by atoms with Gasteiger partial charge in [-0.25, -0.2) is 4.79 Å². The van der Waals surface area contributed by atoms with Crippen molar-refractivity contribution >= 4 is 5.82 Å². The fourth-order valence-electron chi connectivity index (χ4n) is 0.659. The van der Waals surface area contributed by atoms with Crippen LogP contribution in [0, 0.1) is 0 Å². The largest absolute Gasteiger partial charge is 0.385 e. The van der Waals surface area contributed by atoms with Crippen molar-refractivity contribution in [1.82, 2.24) is 9.24 Å². The Morgan fingerprint density at radius 1 is 1.45 bits per heavy atom. The monoisotopic (exact) mass is 156 g/mol. The van der Waals surface area contributed by atoms with E-state index in [9.17, 15) is 9.59 Å². The zero-order valence-corrected chi connectivity index (χ0v) is 5.94. The highest BCUT2D eigenvalue weighted by Gasteiger charge is 2.01. The Morgan fingerprint density at radius 2 is 2.00 bits per heavy atom. The topological polar surface area (TPSA) is 96.0 Å². The minimum Gasteiger partial charge on any atom is -0.385 e. The number of rotatable bonds is 0. The molecular formula is C5H8N4O2. The van der Waals surface area contributed by atoms with Crippen molar-refractivity contribution in [3.8, 4) is 0 Å². The van der Waals surface area contributed by atoms with Crippen LogP contribution in [0.25, 0.3) is 0 Å². The van der Waals surface area contributed by atoms with Gasteiger partial charge in [-0.3, -0.25) is 9.36 Å². The summed E-state index contributed by atoms with van der Waals surface area (Å²) in [5, 5.41) is 0. The molecule has 0 aliphatic carbocycles. The predicted octanol–water partition coefficient (Wildman–Crippen LogP) is -2.16. The Hall–Kier alpha value is -1.72. The summed E-state index contributed by atoms with van der Waals surface area (Å²) in [6.45, 7) is 0. The molecule has 1 aromatic rings. The molecule has 0 aromatic carbocycles. The second kappa shape index (κ2) is 2.15. The third kappa shape index (κ3) is 0.977. The highest BCUT2D eigenvalue weighted by atomic mass is 16.2. The van der Waals surface area contributed by atoms with Gasteiger partial charge in [0.15, 0.2) is 0 Å². The number of aromatic nitrogens is 2. The van der Waals surface area contributed by atoms with Crippen molar-refractivity contribution in [3.05, 3.63) is 26.9 Å². The summed E-state index contributed by atoms with van der Waals surface area (Å²) in [6.07, 6.45) is 0. The molecule has 6 heteroatoms. The smallest absolute Gasteiger partial charge is 0.351 e. The molecule has 0 spiro atoms. The van der Waals surface area contributed by atoms with E-state index in [1.54, 1.807) is 0 Å². The van der Waals surface area contributed by atoms with Gasteiger partial charge in [0.2, 0.25) is 0 Å². The van der Waals surface area contributed by atoms with E-state index < -0.39 is 11.2 Å². The molecule has 60 valence electrons. The summed E-state index contributed by atoms with van der Waals surface area (Å²) in [5.74, 6) is 5.17. The van der Waals surface area contributed by atoms with Crippen molar-refractivity contribution in [2.45, 2.75) is 0 Å². The number of anilines is 1. The lowest BCUT2D eigenvalue weighted by molar-refractivity contribution is 0.727. The van der Waals surface area contributed by atoms with Crippen molar-refractivity contribution in [2.75, 3.05) is 11.6 Å². The molecule has 0 atom stereocenters. The summed E-state index contributed by atoms with van der Waals surface area (Å²) in [5.41, 5.74) is 4.05. The second-order valence-electron chi connectivity index (χ2n) is 2.12. The first-order valence-electron chi connectivity index (χ1n) is 2.87. The highest BCUT2D eigenvalue weighted by molar-refractivity contribution is 5.25. The Bertz CT molecular complexity index is 388. The fourth-order valence-corrected chi connectivity index (χ4v) is 0.659. The van der Waals surface area contributed by atoms with Crippen LogP contribution in [0.5, 0.6) is 0 Å². The normalized spacial score (nSPS) is 9.91. The molecule has 0 fully saturated rings. The van der Waals surface area contributed by atoms with Gasteiger partial charge in [-0.15, -0.1) is 0 Å². The maximum atomic E-state index is 10.9. The van der Waals surface area contributed by atoms with Crippen LogP contribution in [-0.2, 0) is 7.05 Å². The van der Waals surface area contributed by atoms with Crippen molar-refractivity contribution in [1.29, 1.82) is 0 Å². The molecule has 0 aliphatic heterocycles. The minimum absolute atomic E-state index is 0.0988. The Labute approximate surface area is 61.6 Å². The van der Waals surface area contributed by atoms with Crippen molar-refractivity contribution in [2.24, 2.45) is 7.05 Å². The van der Waals surface area contributed by atoms with Crippen LogP contribution in [-0.4, -0.2) is 9.24 Å². The molecule has 0 saturated heterocycles. The second-order valence-corrected chi connectivity index (χ2v) is 2.12. The maximum Gasteiger partial charge on any atom is 0.351 e. The highest BCUT2D eigenvalue weighted by Crippen LogP contribution is 1.86. The van der Waals surface area contributed by atoms with Crippen LogP contribution in [0.15, 0.2) is 15.7 Å². The summed E-state index contributed by atoms with van der Waals surface area (Å²) in [7, 11) is 1.43. The predicted molar refractivity (Wildman–Crippen MR) is 40.5 cm³/mol. The molecule has 11 heavy (non-hydrogen) atoms. The summed E-state index contributed by atoms with van der Waals surface area (Å²) < 4.78 is 1.58. The van der Waals surface area contributed by atoms with Crippen molar-refractivity contribution < 1.29 is 0 Å². The number of hydrogen-bond acceptors (Lipinski definition) is 4. The van der Waals surface area contributed by atoms with Gasteiger partial charge >= 0.3 is 5.69 Å². The molecular weight excluding hydrogens is 148 g/mol. The first-order valence-corrected chi connectivity index (χ1v) is 2.87. The van der Waals surface area contributed by atoms with Gasteiger partial charge in [-0.1, -0.05) is 0 Å². The summed E-state index contributed by atoms with van der Waals surface area (Å²) >= 11 is 0. The third-order valence-electron chi connectivity index (χ3n) is 1.39. The Morgan fingerprint density at radius 3 is 2.55 bits per heavy atom. The lowest BCUT2D eigenvalue weighted by Crippen LogP contribution is -2.44. The SMILES string of the molecule is Cn1c(N)cc(=O)n(N)c1=O. The molecule has 1 heterocycles. The number of nitrogen functional groups attached to an aromatic ring is 2. The average molecular weight is 156 g/mol. The van der Waals surface area contributed by atoms with Crippen LogP contribution in [0.2, 0.25) is 0 Å². The van der Waals surface area contributed by atoms with Gasteiger partial charge in [0.05, 0.1) is 0 Å². The van der Waals surface area contributed by atoms with E-state index in [0.29, 0.717) is 4.68 Å². The summed E-state index contributed by atoms with van der Waals surface area (Å²) in [6, 6.07) is 1.08. The molecule has 0 unspecified atom stereocenters. The van der Waals surface area contributed by atoms with Crippen molar-refractivity contribution in [3.63, 3.8) is 0 Å². The third-order valence-corrected chi connectivity index (χ3v) is 1.39. The molecule has 0 aliphatic rings. The lowest BCUT2D eigenvalue weighted by Gasteiger charge is -2.02. The van der Waals surface area contributed by atoms with E-state index in [1.807, 2.05) is 0 Å². The van der Waals surface area contributed by atoms with Crippen LogP contribution in [0.4, 0.5) is 5.82 Å². The molecule has 6 nitrogen and oxygen atoms in total. The van der Waals surface area contributed by atoms with E-state index in [0.717, 1.165) is 10.6 Å². The Balaban J connectivity index is 3.74.